The van der Waals surface area contributed by atoms with Gasteiger partial charge in [0.15, 0.2) is 0 Å². The van der Waals surface area contributed by atoms with Crippen LogP contribution in [0, 0.1) is 0 Å². The molecule has 0 saturated heterocycles. The van der Waals surface area contributed by atoms with Gasteiger partial charge in [-0.1, -0.05) is 11.6 Å². The molecular formula is C16H18O5. The van der Waals surface area contributed by atoms with Crippen molar-refractivity contribution in [1.29, 1.82) is 0 Å². The van der Waals surface area contributed by atoms with E-state index in [1.165, 1.54) is 18.2 Å². The third-order valence-corrected chi connectivity index (χ3v) is 3.32. The van der Waals surface area contributed by atoms with Crippen LogP contribution in [-0.4, -0.2) is 27.9 Å². The number of benzene rings is 1. The predicted octanol–water partition coefficient (Wildman–Crippen LogP) is 2.34. The van der Waals surface area contributed by atoms with E-state index in [9.17, 15) is 15.0 Å². The summed E-state index contributed by atoms with van der Waals surface area (Å²) < 4.78 is 5.21. The third kappa shape index (κ3) is 3.64. The molecule has 1 heterocycles. The Bertz CT molecular complexity index is 601. The van der Waals surface area contributed by atoms with Crippen LogP contribution < -0.4 is 0 Å². The molecule has 0 radical (unpaired) electrons. The second kappa shape index (κ2) is 6.45. The van der Waals surface area contributed by atoms with Crippen molar-refractivity contribution in [1.82, 2.24) is 0 Å². The molecule has 0 aromatic heterocycles. The molecule has 0 aliphatic carbocycles. The molecule has 112 valence electrons. The number of aliphatic hydroxyl groups excluding tert-OH is 1. The number of aromatic hydroxyl groups is 2. The summed E-state index contributed by atoms with van der Waals surface area (Å²) >= 11 is 0. The lowest BCUT2D eigenvalue weighted by Crippen LogP contribution is -2.02. The number of hydrogen-bond acceptors (Lipinski definition) is 5. The first-order valence-electron chi connectivity index (χ1n) is 6.71. The van der Waals surface area contributed by atoms with E-state index in [1.807, 2.05) is 13.0 Å². The van der Waals surface area contributed by atoms with Crippen LogP contribution >= 0.6 is 0 Å². The highest BCUT2D eigenvalue weighted by Crippen LogP contribution is 2.36. The molecule has 5 nitrogen and oxygen atoms in total. The molecule has 0 amide bonds. The summed E-state index contributed by atoms with van der Waals surface area (Å²) in [5.74, 6) is -0.445. The van der Waals surface area contributed by atoms with Crippen LogP contribution in [0.15, 0.2) is 41.5 Å². The summed E-state index contributed by atoms with van der Waals surface area (Å²) in [5.41, 5.74) is 1.74. The molecular weight excluding hydrogens is 272 g/mol. The minimum atomic E-state index is -0.678. The number of cyclic esters (lactones) is 1. The van der Waals surface area contributed by atoms with Crippen LogP contribution in [0.2, 0.25) is 0 Å². The predicted molar refractivity (Wildman–Crippen MR) is 76.8 cm³/mol. The van der Waals surface area contributed by atoms with Crippen LogP contribution in [-0.2, 0) is 9.53 Å². The molecule has 2 rings (SSSR count). The minimum Gasteiger partial charge on any atom is -0.508 e. The Morgan fingerprint density at radius 1 is 1.38 bits per heavy atom. The van der Waals surface area contributed by atoms with E-state index in [-0.39, 0.29) is 18.1 Å². The van der Waals surface area contributed by atoms with Crippen molar-refractivity contribution < 1.29 is 24.9 Å². The van der Waals surface area contributed by atoms with Crippen molar-refractivity contribution in [3.05, 3.63) is 47.1 Å². The van der Waals surface area contributed by atoms with E-state index in [4.69, 9.17) is 9.84 Å². The zero-order chi connectivity index (χ0) is 15.4. The Balaban J connectivity index is 2.11. The number of carbonyl (C=O) groups is 1. The fourth-order valence-electron chi connectivity index (χ4n) is 2.12. The summed E-state index contributed by atoms with van der Waals surface area (Å²) in [5, 5.41) is 28.1. The topological polar surface area (TPSA) is 87.0 Å². The van der Waals surface area contributed by atoms with E-state index >= 15 is 0 Å². The van der Waals surface area contributed by atoms with Crippen molar-refractivity contribution in [3.8, 4) is 11.5 Å². The van der Waals surface area contributed by atoms with Gasteiger partial charge in [-0.15, -0.1) is 0 Å². The van der Waals surface area contributed by atoms with Gasteiger partial charge in [-0.05, 0) is 44.0 Å². The molecule has 5 heteroatoms. The van der Waals surface area contributed by atoms with Gasteiger partial charge in [0.2, 0.25) is 0 Å². The van der Waals surface area contributed by atoms with E-state index in [0.29, 0.717) is 24.0 Å². The number of ether oxygens (including phenoxy) is 1. The monoisotopic (exact) mass is 290 g/mol. The lowest BCUT2D eigenvalue weighted by Gasteiger charge is -2.10. The first-order chi connectivity index (χ1) is 10.0. The van der Waals surface area contributed by atoms with E-state index < -0.39 is 12.1 Å². The first-order valence-corrected chi connectivity index (χ1v) is 6.71. The quantitative estimate of drug-likeness (QED) is 0.440. The van der Waals surface area contributed by atoms with Gasteiger partial charge in [-0.3, -0.25) is 0 Å². The Kier molecular flexibility index (Phi) is 4.65. The molecule has 0 spiro atoms. The Morgan fingerprint density at radius 3 is 2.86 bits per heavy atom. The molecule has 1 aliphatic heterocycles. The maximum absolute atomic E-state index is 11.8. The normalized spacial score (nSPS) is 18.6. The van der Waals surface area contributed by atoms with Gasteiger partial charge in [0.05, 0.1) is 6.61 Å². The Labute approximate surface area is 122 Å². The number of carbonyl (C=O) groups excluding carboxylic acids is 1. The smallest absolute Gasteiger partial charge is 0.334 e. The molecule has 1 aromatic rings. The molecule has 0 bridgehead atoms. The van der Waals surface area contributed by atoms with Crippen LogP contribution in [0.25, 0.3) is 0 Å². The summed E-state index contributed by atoms with van der Waals surface area (Å²) in [6, 6.07) is 4.10. The second-order valence-electron chi connectivity index (χ2n) is 5.01. The first kappa shape index (κ1) is 15.1. The lowest BCUT2D eigenvalue weighted by molar-refractivity contribution is -0.140. The molecule has 1 aromatic carbocycles. The fourth-order valence-corrected chi connectivity index (χ4v) is 2.12. The highest BCUT2D eigenvalue weighted by Gasteiger charge is 2.28. The zero-order valence-corrected chi connectivity index (χ0v) is 11.7. The number of esters is 1. The SMILES string of the molecule is CC(=CCCC1=C[C@@H](c2cc(O)ccc2O)OC1=O)CO. The average molecular weight is 290 g/mol. The molecule has 0 fully saturated rings. The van der Waals surface area contributed by atoms with Crippen LogP contribution in [0.1, 0.15) is 31.4 Å². The largest absolute Gasteiger partial charge is 0.508 e. The number of aliphatic hydroxyl groups is 1. The minimum absolute atomic E-state index is 0.00204. The van der Waals surface area contributed by atoms with Gasteiger partial charge in [0.1, 0.15) is 17.6 Å². The average Bonchev–Trinajstić information content (AvgIpc) is 2.82. The maximum Gasteiger partial charge on any atom is 0.334 e. The van der Waals surface area contributed by atoms with Gasteiger partial charge >= 0.3 is 5.97 Å². The van der Waals surface area contributed by atoms with Gasteiger partial charge in [-0.25, -0.2) is 4.79 Å². The highest BCUT2D eigenvalue weighted by atomic mass is 16.5. The fraction of sp³-hybridized carbons (Fsp3) is 0.312. The van der Waals surface area contributed by atoms with Crippen molar-refractivity contribution in [3.63, 3.8) is 0 Å². The van der Waals surface area contributed by atoms with Crippen LogP contribution in [0.3, 0.4) is 0 Å². The molecule has 21 heavy (non-hydrogen) atoms. The molecule has 1 aliphatic rings. The summed E-state index contributed by atoms with van der Waals surface area (Å²) in [6.45, 7) is 1.82. The van der Waals surface area contributed by atoms with Gasteiger partial charge < -0.3 is 20.1 Å². The number of rotatable bonds is 5. The van der Waals surface area contributed by atoms with Crippen LogP contribution in [0.4, 0.5) is 0 Å². The third-order valence-electron chi connectivity index (χ3n) is 3.32. The number of hydrogen-bond donors (Lipinski definition) is 3. The Hall–Kier alpha value is -2.27. The van der Waals surface area contributed by atoms with E-state index in [0.717, 1.165) is 5.57 Å². The Morgan fingerprint density at radius 2 is 2.14 bits per heavy atom. The van der Waals surface area contributed by atoms with Crippen molar-refractivity contribution in [2.45, 2.75) is 25.9 Å². The van der Waals surface area contributed by atoms with Crippen LogP contribution in [0.5, 0.6) is 11.5 Å². The summed E-state index contributed by atoms with van der Waals surface area (Å²) in [6.07, 6.45) is 3.98. The summed E-state index contributed by atoms with van der Waals surface area (Å²) in [4.78, 5) is 11.8. The highest BCUT2D eigenvalue weighted by molar-refractivity contribution is 5.91. The van der Waals surface area contributed by atoms with Crippen molar-refractivity contribution in [2.75, 3.05) is 6.61 Å². The lowest BCUT2D eigenvalue weighted by atomic mass is 10.0. The van der Waals surface area contributed by atoms with Crippen molar-refractivity contribution in [2.24, 2.45) is 0 Å². The standard InChI is InChI=1S/C16H18O5/c1-10(9-17)3-2-4-11-7-15(21-16(11)20)13-8-12(18)5-6-14(13)19/h3,5-8,15,17-19H,2,4,9H2,1H3/t15-/m0/s1. The van der Waals surface area contributed by atoms with Gasteiger partial charge in [0.25, 0.3) is 0 Å². The van der Waals surface area contributed by atoms with Gasteiger partial charge in [0, 0.05) is 11.1 Å². The number of allylic oxidation sites excluding steroid dienone is 1. The number of phenols is 2. The van der Waals surface area contributed by atoms with E-state index in [1.54, 1.807) is 6.08 Å². The number of phenolic OH excluding ortho intramolecular Hbond substituents is 2. The summed E-state index contributed by atoms with van der Waals surface area (Å²) in [7, 11) is 0. The molecule has 0 saturated carbocycles. The second-order valence-corrected chi connectivity index (χ2v) is 5.01. The molecule has 3 N–H and O–H groups in total. The molecule has 1 atom stereocenters. The van der Waals surface area contributed by atoms with Crippen molar-refractivity contribution >= 4 is 5.97 Å². The molecule has 0 unspecified atom stereocenters. The zero-order valence-electron chi connectivity index (χ0n) is 11.7. The maximum atomic E-state index is 11.8. The van der Waals surface area contributed by atoms with E-state index in [2.05, 4.69) is 0 Å². The van der Waals surface area contributed by atoms with Gasteiger partial charge in [-0.2, -0.15) is 0 Å².